The first-order chi connectivity index (χ1) is 32.7. The van der Waals surface area contributed by atoms with Crippen LogP contribution in [-0.2, 0) is 5.41 Å². The van der Waals surface area contributed by atoms with Crippen molar-refractivity contribution in [1.82, 2.24) is 4.98 Å². The molecule has 1 aliphatic carbocycles. The van der Waals surface area contributed by atoms with Crippen molar-refractivity contribution in [2.24, 2.45) is 0 Å². The number of fused-ring (bicyclic) bond motifs is 6. The first-order valence-electron chi connectivity index (χ1n) is 22.4. The van der Waals surface area contributed by atoms with E-state index in [1.54, 1.807) is 11.3 Å². The molecule has 13 rings (SSSR count). The fourth-order valence-corrected chi connectivity index (χ4v) is 11.5. The number of hydrogen-bond donors (Lipinski definition) is 0. The number of para-hydroxylation sites is 2. The molecule has 0 saturated heterocycles. The lowest BCUT2D eigenvalue weighted by atomic mass is 9.67. The standard InChI is InChI=1S/C62H40N2OS/c1-3-22-44(23-4-1)62(45-24-5-2-6-25-45)54-32-11-9-29-50(54)51-37-36-48(40-55(51)62)64(47-27-16-21-43(39-47)61-63-56-33-12-14-35-58(56)66-61)46-26-15-20-42(38-46)59-53-30-10-13-34-57(53)65-60(59)52-31-17-19-41-18-7-8-28-49(41)52/h1-40H. The highest BCUT2D eigenvalue weighted by molar-refractivity contribution is 7.21. The molecule has 310 valence electrons. The SMILES string of the molecule is c1ccc(C2(c3ccccc3)c3ccccc3-c3ccc(N(c4cccc(-c5nc6ccccc6s5)c4)c4cccc(-c5c(-c6cccc7ccccc67)oc6ccccc56)c4)cc32)cc1. The Morgan fingerprint density at radius 2 is 1.02 bits per heavy atom. The minimum atomic E-state index is -0.552. The summed E-state index contributed by atoms with van der Waals surface area (Å²) in [5.74, 6) is 0.861. The molecule has 0 fully saturated rings. The van der Waals surface area contributed by atoms with Gasteiger partial charge in [0.05, 0.1) is 15.6 Å². The van der Waals surface area contributed by atoms with Crippen LogP contribution in [-0.4, -0.2) is 4.98 Å². The van der Waals surface area contributed by atoms with Crippen LogP contribution in [0.3, 0.4) is 0 Å². The Hall–Kier alpha value is -8.31. The minimum absolute atomic E-state index is 0.552. The van der Waals surface area contributed by atoms with Crippen molar-refractivity contribution < 1.29 is 4.42 Å². The van der Waals surface area contributed by atoms with E-state index in [0.29, 0.717) is 0 Å². The number of aromatic nitrogens is 1. The van der Waals surface area contributed by atoms with E-state index < -0.39 is 5.41 Å². The lowest BCUT2D eigenvalue weighted by molar-refractivity contribution is 0.633. The van der Waals surface area contributed by atoms with Crippen molar-refractivity contribution in [2.45, 2.75) is 5.41 Å². The first-order valence-corrected chi connectivity index (χ1v) is 23.3. The molecule has 12 aromatic rings. The summed E-state index contributed by atoms with van der Waals surface area (Å²) in [7, 11) is 0. The van der Waals surface area contributed by atoms with E-state index in [1.165, 1.54) is 43.5 Å². The van der Waals surface area contributed by atoms with Gasteiger partial charge in [-0.1, -0.05) is 188 Å². The predicted molar refractivity (Wildman–Crippen MR) is 275 cm³/mol. The number of furan rings is 1. The van der Waals surface area contributed by atoms with Crippen molar-refractivity contribution in [3.05, 3.63) is 265 Å². The Morgan fingerprint density at radius 3 is 1.82 bits per heavy atom. The Balaban J connectivity index is 1.06. The van der Waals surface area contributed by atoms with Crippen molar-refractivity contribution in [3.8, 4) is 44.1 Å². The summed E-state index contributed by atoms with van der Waals surface area (Å²) < 4.78 is 8.05. The molecular formula is C62H40N2OS. The lowest BCUT2D eigenvalue weighted by Gasteiger charge is -2.35. The van der Waals surface area contributed by atoms with Gasteiger partial charge < -0.3 is 9.32 Å². The molecule has 0 saturated carbocycles. The normalized spacial score (nSPS) is 12.7. The maximum Gasteiger partial charge on any atom is 0.143 e. The highest BCUT2D eigenvalue weighted by Crippen LogP contribution is 2.57. The summed E-state index contributed by atoms with van der Waals surface area (Å²) in [6, 6.07) is 87.8. The molecule has 0 spiro atoms. The van der Waals surface area contributed by atoms with Gasteiger partial charge in [-0.3, -0.25) is 0 Å². The number of nitrogens with zero attached hydrogens (tertiary/aromatic N) is 2. The Labute approximate surface area is 387 Å². The molecule has 4 heteroatoms. The predicted octanol–water partition coefficient (Wildman–Crippen LogP) is 17.0. The Bertz CT molecular complexity index is 3710. The van der Waals surface area contributed by atoms with Crippen LogP contribution in [0, 0.1) is 0 Å². The summed E-state index contributed by atoms with van der Waals surface area (Å²) in [5.41, 5.74) is 16.2. The molecule has 1 aliphatic rings. The molecule has 2 heterocycles. The molecule has 10 aromatic carbocycles. The summed E-state index contributed by atoms with van der Waals surface area (Å²) in [6.45, 7) is 0. The maximum absolute atomic E-state index is 6.88. The fraction of sp³-hybridized carbons (Fsp3) is 0.0161. The van der Waals surface area contributed by atoms with Gasteiger partial charge >= 0.3 is 0 Å². The molecule has 0 amide bonds. The lowest BCUT2D eigenvalue weighted by Crippen LogP contribution is -2.28. The molecule has 66 heavy (non-hydrogen) atoms. The van der Waals surface area contributed by atoms with Crippen LogP contribution in [0.5, 0.6) is 0 Å². The molecule has 0 unspecified atom stereocenters. The van der Waals surface area contributed by atoms with Crippen molar-refractivity contribution in [2.75, 3.05) is 4.90 Å². The van der Waals surface area contributed by atoms with Crippen molar-refractivity contribution in [1.29, 1.82) is 0 Å². The fourth-order valence-electron chi connectivity index (χ4n) is 10.5. The third-order valence-electron chi connectivity index (χ3n) is 13.4. The smallest absolute Gasteiger partial charge is 0.143 e. The quantitative estimate of drug-likeness (QED) is 0.152. The van der Waals surface area contributed by atoms with Crippen LogP contribution in [0.25, 0.3) is 76.1 Å². The second-order valence-corrected chi connectivity index (χ2v) is 18.0. The number of rotatable bonds is 8. The maximum atomic E-state index is 6.88. The summed E-state index contributed by atoms with van der Waals surface area (Å²) >= 11 is 1.73. The summed E-state index contributed by atoms with van der Waals surface area (Å²) in [5, 5.41) is 4.40. The zero-order chi connectivity index (χ0) is 43.6. The zero-order valence-electron chi connectivity index (χ0n) is 35.8. The van der Waals surface area contributed by atoms with Crippen LogP contribution in [0.15, 0.2) is 247 Å². The highest BCUT2D eigenvalue weighted by Gasteiger charge is 2.46. The van der Waals surface area contributed by atoms with Crippen LogP contribution in [0.1, 0.15) is 22.3 Å². The van der Waals surface area contributed by atoms with E-state index in [4.69, 9.17) is 9.40 Å². The zero-order valence-corrected chi connectivity index (χ0v) is 36.6. The van der Waals surface area contributed by atoms with E-state index >= 15 is 0 Å². The molecule has 0 bridgehead atoms. The van der Waals surface area contributed by atoms with Crippen LogP contribution in [0.4, 0.5) is 17.1 Å². The second-order valence-electron chi connectivity index (χ2n) is 17.0. The van der Waals surface area contributed by atoms with E-state index in [-0.39, 0.29) is 0 Å². The third kappa shape index (κ3) is 5.99. The van der Waals surface area contributed by atoms with Gasteiger partial charge in [-0.15, -0.1) is 11.3 Å². The van der Waals surface area contributed by atoms with Crippen molar-refractivity contribution >= 4 is 60.4 Å². The Kier molecular flexibility index (Phi) is 8.93. The topological polar surface area (TPSA) is 29.3 Å². The second kappa shape index (κ2) is 15.4. The van der Waals surface area contributed by atoms with Crippen LogP contribution < -0.4 is 4.90 Å². The molecule has 0 atom stereocenters. The average Bonchev–Trinajstić information content (AvgIpc) is 4.08. The molecule has 0 radical (unpaired) electrons. The van der Waals surface area contributed by atoms with E-state index in [0.717, 1.165) is 72.0 Å². The molecule has 2 aromatic heterocycles. The Morgan fingerprint density at radius 1 is 0.424 bits per heavy atom. The van der Waals surface area contributed by atoms with Crippen molar-refractivity contribution in [3.63, 3.8) is 0 Å². The third-order valence-corrected chi connectivity index (χ3v) is 14.5. The van der Waals surface area contributed by atoms with Gasteiger partial charge in [-0.05, 0) is 104 Å². The number of benzene rings is 10. The van der Waals surface area contributed by atoms with Gasteiger partial charge in [-0.2, -0.15) is 0 Å². The average molecular weight is 861 g/mol. The molecule has 0 aliphatic heterocycles. The number of hydrogen-bond acceptors (Lipinski definition) is 4. The highest BCUT2D eigenvalue weighted by atomic mass is 32.1. The van der Waals surface area contributed by atoms with Gasteiger partial charge in [-0.25, -0.2) is 4.98 Å². The molecular weight excluding hydrogens is 821 g/mol. The van der Waals surface area contributed by atoms with Gasteiger partial charge in [0.2, 0.25) is 0 Å². The number of thiazole rings is 1. The van der Waals surface area contributed by atoms with Gasteiger partial charge in [0.25, 0.3) is 0 Å². The van der Waals surface area contributed by atoms with Gasteiger partial charge in [0.15, 0.2) is 0 Å². The van der Waals surface area contributed by atoms with E-state index in [1.807, 2.05) is 0 Å². The summed E-state index contributed by atoms with van der Waals surface area (Å²) in [4.78, 5) is 7.53. The number of anilines is 3. The molecule has 3 nitrogen and oxygen atoms in total. The van der Waals surface area contributed by atoms with Crippen LogP contribution in [0.2, 0.25) is 0 Å². The first kappa shape index (κ1) is 38.2. The monoisotopic (exact) mass is 860 g/mol. The largest absolute Gasteiger partial charge is 0.455 e. The van der Waals surface area contributed by atoms with Crippen LogP contribution >= 0.6 is 11.3 Å². The molecule has 0 N–H and O–H groups in total. The van der Waals surface area contributed by atoms with E-state index in [2.05, 4.69) is 248 Å². The van der Waals surface area contributed by atoms with Gasteiger partial charge in [0, 0.05) is 39.1 Å². The minimum Gasteiger partial charge on any atom is -0.455 e. The van der Waals surface area contributed by atoms with Gasteiger partial charge in [0.1, 0.15) is 16.4 Å². The summed E-state index contributed by atoms with van der Waals surface area (Å²) in [6.07, 6.45) is 0. The van der Waals surface area contributed by atoms with E-state index in [9.17, 15) is 0 Å².